The highest BCUT2D eigenvalue weighted by molar-refractivity contribution is 9.10. The molecule has 1 atom stereocenters. The van der Waals surface area contributed by atoms with Gasteiger partial charge in [-0.15, -0.1) is 0 Å². The van der Waals surface area contributed by atoms with Gasteiger partial charge in [0, 0.05) is 4.47 Å². The van der Waals surface area contributed by atoms with Crippen molar-refractivity contribution in [2.45, 2.75) is 25.9 Å². The third-order valence-corrected chi connectivity index (χ3v) is 4.22. The number of hydrogen-bond donors (Lipinski definition) is 2. The van der Waals surface area contributed by atoms with Crippen LogP contribution in [0.25, 0.3) is 0 Å². The van der Waals surface area contributed by atoms with Crippen LogP contribution in [0.3, 0.4) is 0 Å². The second-order valence-corrected chi connectivity index (χ2v) is 6.73. The van der Waals surface area contributed by atoms with Crippen LogP contribution in [0.15, 0.2) is 53.0 Å². The van der Waals surface area contributed by atoms with Gasteiger partial charge in [-0.25, -0.2) is 0 Å². The SMILES string of the molecule is CCOc1ccc(CC(=O)NCC(C)(O)c2ccc(Br)cc2)cc1. The minimum absolute atomic E-state index is 0.128. The van der Waals surface area contributed by atoms with Crippen LogP contribution >= 0.6 is 15.9 Å². The Morgan fingerprint density at radius 2 is 1.79 bits per heavy atom. The first kappa shape index (κ1) is 18.5. The highest BCUT2D eigenvalue weighted by Gasteiger charge is 2.23. The summed E-state index contributed by atoms with van der Waals surface area (Å²) in [4.78, 5) is 12.1. The van der Waals surface area contributed by atoms with Crippen LogP contribution in [0.1, 0.15) is 25.0 Å². The van der Waals surface area contributed by atoms with Gasteiger partial charge in [-0.3, -0.25) is 4.79 Å². The molecule has 24 heavy (non-hydrogen) atoms. The number of ether oxygens (including phenoxy) is 1. The molecule has 2 rings (SSSR count). The fourth-order valence-electron chi connectivity index (χ4n) is 2.30. The van der Waals surface area contributed by atoms with E-state index in [1.54, 1.807) is 6.92 Å². The van der Waals surface area contributed by atoms with Gasteiger partial charge in [0.15, 0.2) is 0 Å². The van der Waals surface area contributed by atoms with Crippen molar-refractivity contribution in [3.8, 4) is 5.75 Å². The number of carbonyl (C=O) groups is 1. The Hall–Kier alpha value is -1.85. The second kappa shape index (κ2) is 8.31. The second-order valence-electron chi connectivity index (χ2n) is 5.81. The lowest BCUT2D eigenvalue weighted by Crippen LogP contribution is -2.39. The summed E-state index contributed by atoms with van der Waals surface area (Å²) in [6, 6.07) is 14.9. The smallest absolute Gasteiger partial charge is 0.224 e. The van der Waals surface area contributed by atoms with Gasteiger partial charge in [-0.1, -0.05) is 40.2 Å². The van der Waals surface area contributed by atoms with Gasteiger partial charge in [0.05, 0.1) is 19.6 Å². The molecule has 0 aliphatic rings. The molecule has 0 heterocycles. The molecule has 0 fully saturated rings. The Labute approximate surface area is 151 Å². The summed E-state index contributed by atoms with van der Waals surface area (Å²) < 4.78 is 6.32. The minimum Gasteiger partial charge on any atom is -0.494 e. The van der Waals surface area contributed by atoms with Crippen LogP contribution in [0.4, 0.5) is 0 Å². The molecular weight excluding hydrogens is 370 g/mol. The summed E-state index contributed by atoms with van der Waals surface area (Å²) in [6.45, 7) is 4.39. The van der Waals surface area contributed by atoms with Gasteiger partial charge >= 0.3 is 0 Å². The zero-order chi connectivity index (χ0) is 17.6. The summed E-state index contributed by atoms with van der Waals surface area (Å²) in [5.41, 5.74) is 0.543. The molecule has 0 saturated carbocycles. The van der Waals surface area contributed by atoms with Gasteiger partial charge in [0.2, 0.25) is 5.91 Å². The Morgan fingerprint density at radius 3 is 2.38 bits per heavy atom. The van der Waals surface area contributed by atoms with Gasteiger partial charge in [-0.2, -0.15) is 0 Å². The van der Waals surface area contributed by atoms with E-state index in [4.69, 9.17) is 4.74 Å². The average Bonchev–Trinajstić information content (AvgIpc) is 2.56. The van der Waals surface area contributed by atoms with E-state index in [1.807, 2.05) is 55.5 Å². The molecule has 0 saturated heterocycles. The standard InChI is InChI=1S/C19H22BrNO3/c1-3-24-17-10-4-14(5-11-17)12-18(22)21-13-19(2,23)15-6-8-16(20)9-7-15/h4-11,23H,3,12-13H2,1-2H3,(H,21,22). The molecule has 0 bridgehead atoms. The molecule has 0 aliphatic carbocycles. The maximum absolute atomic E-state index is 12.1. The molecule has 2 aromatic rings. The van der Waals surface area contributed by atoms with Crippen molar-refractivity contribution in [1.29, 1.82) is 0 Å². The molecule has 2 aromatic carbocycles. The Kier molecular flexibility index (Phi) is 6.40. The van der Waals surface area contributed by atoms with Crippen LogP contribution in [0.5, 0.6) is 5.75 Å². The van der Waals surface area contributed by atoms with Gasteiger partial charge in [-0.05, 0) is 49.2 Å². The maximum Gasteiger partial charge on any atom is 0.224 e. The largest absolute Gasteiger partial charge is 0.494 e. The van der Waals surface area contributed by atoms with E-state index >= 15 is 0 Å². The van der Waals surface area contributed by atoms with Crippen molar-refractivity contribution >= 4 is 21.8 Å². The number of hydrogen-bond acceptors (Lipinski definition) is 3. The van der Waals surface area contributed by atoms with Crippen molar-refractivity contribution in [2.24, 2.45) is 0 Å². The van der Waals surface area contributed by atoms with E-state index in [9.17, 15) is 9.90 Å². The summed E-state index contributed by atoms with van der Waals surface area (Å²) in [5.74, 6) is 0.663. The average molecular weight is 392 g/mol. The van der Waals surface area contributed by atoms with Crippen molar-refractivity contribution in [1.82, 2.24) is 5.32 Å². The zero-order valence-electron chi connectivity index (χ0n) is 13.9. The third kappa shape index (κ3) is 5.35. The highest BCUT2D eigenvalue weighted by Crippen LogP contribution is 2.22. The van der Waals surface area contributed by atoms with Crippen molar-refractivity contribution < 1.29 is 14.6 Å². The predicted octanol–water partition coefficient (Wildman–Crippen LogP) is 3.41. The highest BCUT2D eigenvalue weighted by atomic mass is 79.9. The van der Waals surface area contributed by atoms with E-state index in [1.165, 1.54) is 0 Å². The summed E-state index contributed by atoms with van der Waals surface area (Å²) >= 11 is 3.37. The van der Waals surface area contributed by atoms with E-state index in [-0.39, 0.29) is 18.9 Å². The Morgan fingerprint density at radius 1 is 1.17 bits per heavy atom. The number of benzene rings is 2. The summed E-state index contributed by atoms with van der Waals surface area (Å²) in [5, 5.41) is 13.3. The molecule has 1 unspecified atom stereocenters. The topological polar surface area (TPSA) is 58.6 Å². The van der Waals surface area contributed by atoms with Crippen LogP contribution in [-0.4, -0.2) is 24.2 Å². The lowest BCUT2D eigenvalue weighted by atomic mass is 9.96. The fraction of sp³-hybridized carbons (Fsp3) is 0.316. The Balaban J connectivity index is 1.88. The van der Waals surface area contributed by atoms with Crippen molar-refractivity contribution in [3.05, 3.63) is 64.1 Å². The number of halogens is 1. The lowest BCUT2D eigenvalue weighted by Gasteiger charge is -2.24. The number of aliphatic hydroxyl groups is 1. The molecule has 0 radical (unpaired) electrons. The monoisotopic (exact) mass is 391 g/mol. The third-order valence-electron chi connectivity index (χ3n) is 3.69. The molecule has 128 valence electrons. The number of amides is 1. The first-order valence-corrected chi connectivity index (χ1v) is 8.67. The lowest BCUT2D eigenvalue weighted by molar-refractivity contribution is -0.121. The van der Waals surface area contributed by atoms with Crippen LogP contribution in [0, 0.1) is 0 Å². The molecular formula is C19H22BrNO3. The first-order chi connectivity index (χ1) is 11.4. The van der Waals surface area contributed by atoms with E-state index in [2.05, 4.69) is 21.2 Å². The molecule has 5 heteroatoms. The molecule has 2 N–H and O–H groups in total. The molecule has 0 spiro atoms. The molecule has 0 aromatic heterocycles. The zero-order valence-corrected chi connectivity index (χ0v) is 15.5. The van der Waals surface area contributed by atoms with Gasteiger partial charge in [0.1, 0.15) is 11.4 Å². The van der Waals surface area contributed by atoms with Crippen molar-refractivity contribution in [3.63, 3.8) is 0 Å². The molecule has 1 amide bonds. The quantitative estimate of drug-likeness (QED) is 0.759. The molecule has 0 aliphatic heterocycles. The number of nitrogens with one attached hydrogen (secondary N) is 1. The van der Waals surface area contributed by atoms with Crippen LogP contribution in [-0.2, 0) is 16.8 Å². The normalized spacial score (nSPS) is 13.2. The molecule has 4 nitrogen and oxygen atoms in total. The van der Waals surface area contributed by atoms with Crippen LogP contribution in [0.2, 0.25) is 0 Å². The minimum atomic E-state index is -1.12. The van der Waals surface area contributed by atoms with Gasteiger partial charge < -0.3 is 15.2 Å². The fourth-order valence-corrected chi connectivity index (χ4v) is 2.56. The first-order valence-electron chi connectivity index (χ1n) is 7.87. The Bertz CT molecular complexity index is 666. The summed E-state index contributed by atoms with van der Waals surface area (Å²) in [7, 11) is 0. The van der Waals surface area contributed by atoms with E-state index < -0.39 is 5.60 Å². The van der Waals surface area contributed by atoms with Crippen LogP contribution < -0.4 is 10.1 Å². The summed E-state index contributed by atoms with van der Waals surface area (Å²) in [6.07, 6.45) is 0.267. The number of rotatable bonds is 7. The van der Waals surface area contributed by atoms with E-state index in [0.717, 1.165) is 21.3 Å². The number of carbonyl (C=O) groups excluding carboxylic acids is 1. The maximum atomic E-state index is 12.1. The van der Waals surface area contributed by atoms with Crippen molar-refractivity contribution in [2.75, 3.05) is 13.2 Å². The van der Waals surface area contributed by atoms with E-state index in [0.29, 0.717) is 6.61 Å². The predicted molar refractivity (Wildman–Crippen MR) is 98.0 cm³/mol. The van der Waals surface area contributed by atoms with Gasteiger partial charge in [0.25, 0.3) is 0 Å².